The molecule has 2 rings (SSSR count). The third-order valence-corrected chi connectivity index (χ3v) is 2.74. The SMILES string of the molecule is N#CCC1c2ccccc2CC1N. The summed E-state index contributed by atoms with van der Waals surface area (Å²) in [7, 11) is 0. The second-order valence-corrected chi connectivity index (χ2v) is 3.54. The first-order chi connectivity index (χ1) is 6.33. The Morgan fingerprint density at radius 3 is 3.00 bits per heavy atom. The average molecular weight is 172 g/mol. The number of nitrogens with zero attached hydrogens (tertiary/aromatic N) is 1. The standard InChI is InChI=1S/C11H12N2/c12-6-5-10-9-4-2-1-3-8(9)7-11(10)13/h1-4,10-11H,5,7,13H2. The molecule has 0 aromatic heterocycles. The molecule has 0 fully saturated rings. The summed E-state index contributed by atoms with van der Waals surface area (Å²) in [6.07, 6.45) is 1.46. The Kier molecular flexibility index (Phi) is 2.03. The van der Waals surface area contributed by atoms with Gasteiger partial charge in [-0.05, 0) is 17.5 Å². The first kappa shape index (κ1) is 8.28. The zero-order valence-corrected chi connectivity index (χ0v) is 7.40. The van der Waals surface area contributed by atoms with Crippen LogP contribution in [0.4, 0.5) is 0 Å². The van der Waals surface area contributed by atoms with Crippen molar-refractivity contribution >= 4 is 0 Å². The molecule has 2 N–H and O–H groups in total. The predicted octanol–water partition coefficient (Wildman–Crippen LogP) is 1.57. The molecule has 2 nitrogen and oxygen atoms in total. The number of nitrogens with two attached hydrogens (primary N) is 1. The smallest absolute Gasteiger partial charge is 0.0628 e. The highest BCUT2D eigenvalue weighted by Gasteiger charge is 2.28. The second kappa shape index (κ2) is 3.20. The van der Waals surface area contributed by atoms with Gasteiger partial charge in [0.25, 0.3) is 0 Å². The van der Waals surface area contributed by atoms with Crippen LogP contribution in [0.15, 0.2) is 24.3 Å². The highest BCUT2D eigenvalue weighted by Crippen LogP contribution is 2.33. The lowest BCUT2D eigenvalue weighted by Gasteiger charge is -2.11. The maximum absolute atomic E-state index is 8.66. The van der Waals surface area contributed by atoms with Crippen molar-refractivity contribution in [3.8, 4) is 6.07 Å². The van der Waals surface area contributed by atoms with E-state index < -0.39 is 0 Å². The molecule has 66 valence electrons. The van der Waals surface area contributed by atoms with Crippen molar-refractivity contribution in [2.45, 2.75) is 24.8 Å². The van der Waals surface area contributed by atoms with Gasteiger partial charge in [0.1, 0.15) is 0 Å². The topological polar surface area (TPSA) is 49.8 Å². The first-order valence-corrected chi connectivity index (χ1v) is 4.53. The largest absolute Gasteiger partial charge is 0.327 e. The fourth-order valence-corrected chi connectivity index (χ4v) is 2.07. The molecule has 0 amide bonds. The maximum atomic E-state index is 8.66. The normalized spacial score (nSPS) is 25.2. The van der Waals surface area contributed by atoms with E-state index in [0.29, 0.717) is 6.42 Å². The number of benzene rings is 1. The van der Waals surface area contributed by atoms with E-state index in [0.717, 1.165) is 6.42 Å². The van der Waals surface area contributed by atoms with Gasteiger partial charge in [0.15, 0.2) is 0 Å². The van der Waals surface area contributed by atoms with E-state index in [4.69, 9.17) is 11.0 Å². The molecule has 1 aromatic carbocycles. The number of hydrogen-bond donors (Lipinski definition) is 1. The minimum Gasteiger partial charge on any atom is -0.327 e. The Morgan fingerprint density at radius 2 is 2.23 bits per heavy atom. The minimum absolute atomic E-state index is 0.136. The molecule has 13 heavy (non-hydrogen) atoms. The highest BCUT2D eigenvalue weighted by molar-refractivity contribution is 5.38. The molecule has 0 heterocycles. The van der Waals surface area contributed by atoms with E-state index in [1.807, 2.05) is 12.1 Å². The van der Waals surface area contributed by atoms with Crippen molar-refractivity contribution in [2.24, 2.45) is 5.73 Å². The Hall–Kier alpha value is -1.33. The fraction of sp³-hybridized carbons (Fsp3) is 0.364. The first-order valence-electron chi connectivity index (χ1n) is 4.53. The molecule has 2 heteroatoms. The van der Waals surface area contributed by atoms with Gasteiger partial charge >= 0.3 is 0 Å². The van der Waals surface area contributed by atoms with Crippen molar-refractivity contribution in [2.75, 3.05) is 0 Å². The summed E-state index contributed by atoms with van der Waals surface area (Å²) >= 11 is 0. The quantitative estimate of drug-likeness (QED) is 0.699. The monoisotopic (exact) mass is 172 g/mol. The van der Waals surface area contributed by atoms with E-state index in [1.54, 1.807) is 0 Å². The predicted molar refractivity (Wildman–Crippen MR) is 51.1 cm³/mol. The van der Waals surface area contributed by atoms with Crippen LogP contribution >= 0.6 is 0 Å². The Morgan fingerprint density at radius 1 is 1.46 bits per heavy atom. The Bertz CT molecular complexity index is 351. The van der Waals surface area contributed by atoms with Gasteiger partial charge in [-0.3, -0.25) is 0 Å². The molecule has 0 radical (unpaired) electrons. The third-order valence-electron chi connectivity index (χ3n) is 2.74. The summed E-state index contributed by atoms with van der Waals surface area (Å²) in [6.45, 7) is 0. The van der Waals surface area contributed by atoms with Gasteiger partial charge in [0.05, 0.1) is 6.07 Å². The summed E-state index contributed by atoms with van der Waals surface area (Å²) < 4.78 is 0. The molecule has 2 atom stereocenters. The van der Waals surface area contributed by atoms with Gasteiger partial charge in [-0.1, -0.05) is 24.3 Å². The van der Waals surface area contributed by atoms with Crippen LogP contribution in [0.5, 0.6) is 0 Å². The fourth-order valence-electron chi connectivity index (χ4n) is 2.07. The second-order valence-electron chi connectivity index (χ2n) is 3.54. The van der Waals surface area contributed by atoms with Crippen molar-refractivity contribution < 1.29 is 0 Å². The molecule has 0 saturated carbocycles. The van der Waals surface area contributed by atoms with Gasteiger partial charge in [0, 0.05) is 18.4 Å². The van der Waals surface area contributed by atoms with Crippen molar-refractivity contribution in [3.05, 3.63) is 35.4 Å². The van der Waals surface area contributed by atoms with Gasteiger partial charge in [0.2, 0.25) is 0 Å². The van der Waals surface area contributed by atoms with Crippen LogP contribution in [0.1, 0.15) is 23.5 Å². The molecular weight excluding hydrogens is 160 g/mol. The zero-order chi connectivity index (χ0) is 9.26. The van der Waals surface area contributed by atoms with Crippen molar-refractivity contribution in [3.63, 3.8) is 0 Å². The van der Waals surface area contributed by atoms with Crippen LogP contribution in [0.2, 0.25) is 0 Å². The van der Waals surface area contributed by atoms with E-state index in [1.165, 1.54) is 11.1 Å². The summed E-state index contributed by atoms with van der Waals surface area (Å²) in [5, 5.41) is 8.66. The van der Waals surface area contributed by atoms with Gasteiger partial charge in [-0.15, -0.1) is 0 Å². The summed E-state index contributed by atoms with van der Waals surface area (Å²) in [4.78, 5) is 0. The van der Waals surface area contributed by atoms with Crippen molar-refractivity contribution in [1.29, 1.82) is 5.26 Å². The molecular formula is C11H12N2. The Labute approximate surface area is 78.0 Å². The lowest BCUT2D eigenvalue weighted by atomic mass is 9.96. The van der Waals surface area contributed by atoms with E-state index >= 15 is 0 Å². The minimum atomic E-state index is 0.136. The van der Waals surface area contributed by atoms with Gasteiger partial charge in [-0.2, -0.15) is 5.26 Å². The summed E-state index contributed by atoms with van der Waals surface area (Å²) in [5.74, 6) is 0.251. The van der Waals surface area contributed by atoms with Gasteiger partial charge < -0.3 is 5.73 Å². The highest BCUT2D eigenvalue weighted by atomic mass is 14.7. The van der Waals surface area contributed by atoms with Crippen LogP contribution in [0.3, 0.4) is 0 Å². The van der Waals surface area contributed by atoms with Crippen LogP contribution in [-0.2, 0) is 6.42 Å². The van der Waals surface area contributed by atoms with Crippen LogP contribution < -0.4 is 5.73 Å². The van der Waals surface area contributed by atoms with E-state index in [2.05, 4.69) is 18.2 Å². The molecule has 0 bridgehead atoms. The average Bonchev–Trinajstić information content (AvgIpc) is 2.44. The summed E-state index contributed by atoms with van der Waals surface area (Å²) in [5.41, 5.74) is 8.55. The third kappa shape index (κ3) is 1.32. The molecule has 1 aliphatic carbocycles. The molecule has 1 aromatic rings. The molecule has 2 unspecified atom stereocenters. The van der Waals surface area contributed by atoms with Crippen LogP contribution in [0.25, 0.3) is 0 Å². The number of nitriles is 1. The number of rotatable bonds is 1. The van der Waals surface area contributed by atoms with E-state index in [9.17, 15) is 0 Å². The molecule has 1 aliphatic rings. The van der Waals surface area contributed by atoms with Crippen LogP contribution in [-0.4, -0.2) is 6.04 Å². The maximum Gasteiger partial charge on any atom is 0.0628 e. The lowest BCUT2D eigenvalue weighted by molar-refractivity contribution is 0.583. The molecule has 0 spiro atoms. The molecule has 0 saturated heterocycles. The van der Waals surface area contributed by atoms with E-state index in [-0.39, 0.29) is 12.0 Å². The Balaban J connectivity index is 2.36. The summed E-state index contributed by atoms with van der Waals surface area (Å²) in [6, 6.07) is 10.6. The zero-order valence-electron chi connectivity index (χ0n) is 7.40. The number of fused-ring (bicyclic) bond motifs is 1. The molecule has 0 aliphatic heterocycles. The number of hydrogen-bond acceptors (Lipinski definition) is 2. The van der Waals surface area contributed by atoms with Crippen molar-refractivity contribution in [1.82, 2.24) is 0 Å². The lowest BCUT2D eigenvalue weighted by Crippen LogP contribution is -2.24. The van der Waals surface area contributed by atoms with Crippen LogP contribution in [0, 0.1) is 11.3 Å². The van der Waals surface area contributed by atoms with Gasteiger partial charge in [-0.25, -0.2) is 0 Å².